The molecule has 1 fully saturated rings. The molecule has 1 unspecified atom stereocenters. The van der Waals surface area contributed by atoms with Gasteiger partial charge in [0.25, 0.3) is 5.92 Å². The van der Waals surface area contributed by atoms with Crippen LogP contribution in [0.15, 0.2) is 0 Å². The maximum atomic E-state index is 12.7. The molecular formula is C9H15F2NO. The summed E-state index contributed by atoms with van der Waals surface area (Å²) < 4.78 is 25.4. The summed E-state index contributed by atoms with van der Waals surface area (Å²) in [4.78, 5) is 11.2. The van der Waals surface area contributed by atoms with E-state index >= 15 is 0 Å². The van der Waals surface area contributed by atoms with Crippen LogP contribution in [-0.4, -0.2) is 18.4 Å². The first kappa shape index (κ1) is 10.4. The molecule has 13 heavy (non-hydrogen) atoms. The van der Waals surface area contributed by atoms with Gasteiger partial charge in [-0.05, 0) is 12.3 Å². The van der Waals surface area contributed by atoms with E-state index in [4.69, 9.17) is 0 Å². The summed E-state index contributed by atoms with van der Waals surface area (Å²) in [6.45, 7) is 4.34. The van der Waals surface area contributed by atoms with E-state index in [0.29, 0.717) is 18.9 Å². The second kappa shape index (κ2) is 3.60. The minimum Gasteiger partial charge on any atom is -0.355 e. The standard InChI is InChI=1S/C9H15F2NO/c1-6(2)5-12-8(13)7-3-4-9(7,10)11/h6-7H,3-5H2,1-2H3,(H,12,13). The Hall–Kier alpha value is -0.670. The average Bonchev–Trinajstić information content (AvgIpc) is 1.99. The minimum atomic E-state index is -2.76. The predicted octanol–water partition coefficient (Wildman–Crippen LogP) is 1.80. The van der Waals surface area contributed by atoms with Crippen LogP contribution in [0.4, 0.5) is 8.78 Å². The molecule has 2 nitrogen and oxygen atoms in total. The number of nitrogens with one attached hydrogen (secondary N) is 1. The third kappa shape index (κ3) is 2.39. The van der Waals surface area contributed by atoms with E-state index in [1.807, 2.05) is 13.8 Å². The Morgan fingerprint density at radius 2 is 2.23 bits per heavy atom. The number of hydrogen-bond donors (Lipinski definition) is 1. The Morgan fingerprint density at radius 3 is 2.54 bits per heavy atom. The molecule has 1 N–H and O–H groups in total. The molecule has 1 aliphatic rings. The summed E-state index contributed by atoms with van der Waals surface area (Å²) >= 11 is 0. The van der Waals surface area contributed by atoms with E-state index in [2.05, 4.69) is 5.32 Å². The van der Waals surface area contributed by atoms with Crippen LogP contribution in [0.1, 0.15) is 26.7 Å². The summed E-state index contributed by atoms with van der Waals surface area (Å²) in [7, 11) is 0. The van der Waals surface area contributed by atoms with Gasteiger partial charge in [-0.1, -0.05) is 13.8 Å². The van der Waals surface area contributed by atoms with Crippen LogP contribution in [0.5, 0.6) is 0 Å². The fourth-order valence-corrected chi connectivity index (χ4v) is 1.26. The third-order valence-electron chi connectivity index (χ3n) is 2.28. The highest BCUT2D eigenvalue weighted by Gasteiger charge is 2.52. The monoisotopic (exact) mass is 191 g/mol. The highest BCUT2D eigenvalue weighted by Crippen LogP contribution is 2.43. The van der Waals surface area contributed by atoms with Crippen LogP contribution >= 0.6 is 0 Å². The normalized spacial score (nSPS) is 25.5. The molecule has 0 aliphatic heterocycles. The van der Waals surface area contributed by atoms with E-state index in [9.17, 15) is 13.6 Å². The summed E-state index contributed by atoms with van der Waals surface area (Å²) in [5, 5.41) is 2.52. The lowest BCUT2D eigenvalue weighted by Gasteiger charge is -2.34. The average molecular weight is 191 g/mol. The van der Waals surface area contributed by atoms with Gasteiger partial charge in [-0.15, -0.1) is 0 Å². The van der Waals surface area contributed by atoms with Gasteiger partial charge in [-0.2, -0.15) is 0 Å². The predicted molar refractivity (Wildman–Crippen MR) is 45.5 cm³/mol. The van der Waals surface area contributed by atoms with Crippen molar-refractivity contribution in [3.63, 3.8) is 0 Å². The fraction of sp³-hybridized carbons (Fsp3) is 0.889. The molecule has 0 saturated heterocycles. The first-order valence-corrected chi connectivity index (χ1v) is 4.59. The number of alkyl halides is 2. The lowest BCUT2D eigenvalue weighted by molar-refractivity contribution is -0.162. The molecule has 0 heterocycles. The van der Waals surface area contributed by atoms with Crippen LogP contribution in [0, 0.1) is 11.8 Å². The molecular weight excluding hydrogens is 176 g/mol. The van der Waals surface area contributed by atoms with Gasteiger partial charge < -0.3 is 5.32 Å². The zero-order chi connectivity index (χ0) is 10.1. The van der Waals surface area contributed by atoms with Gasteiger partial charge in [0, 0.05) is 13.0 Å². The summed E-state index contributed by atoms with van der Waals surface area (Å²) in [6, 6.07) is 0. The lowest BCUT2D eigenvalue weighted by atomic mass is 9.80. The molecule has 0 aromatic heterocycles. The van der Waals surface area contributed by atoms with Crippen molar-refractivity contribution < 1.29 is 13.6 Å². The van der Waals surface area contributed by atoms with E-state index in [1.54, 1.807) is 0 Å². The summed E-state index contributed by atoms with van der Waals surface area (Å²) in [6.07, 6.45) is 0.170. The maximum absolute atomic E-state index is 12.7. The molecule has 0 aromatic carbocycles. The van der Waals surface area contributed by atoms with Crippen LogP contribution in [0.2, 0.25) is 0 Å². The van der Waals surface area contributed by atoms with Crippen LogP contribution in [0.25, 0.3) is 0 Å². The molecule has 0 bridgehead atoms. The zero-order valence-electron chi connectivity index (χ0n) is 7.94. The molecule has 0 radical (unpaired) electrons. The van der Waals surface area contributed by atoms with Crippen molar-refractivity contribution in [1.82, 2.24) is 5.32 Å². The van der Waals surface area contributed by atoms with Crippen molar-refractivity contribution in [2.24, 2.45) is 11.8 Å². The Labute approximate surface area is 76.7 Å². The topological polar surface area (TPSA) is 29.1 Å². The Morgan fingerprint density at radius 1 is 1.62 bits per heavy atom. The number of carbonyl (C=O) groups is 1. The molecule has 76 valence electrons. The number of halogens is 2. The van der Waals surface area contributed by atoms with Crippen LogP contribution in [-0.2, 0) is 4.79 Å². The Balaban J connectivity index is 2.32. The third-order valence-corrected chi connectivity index (χ3v) is 2.28. The molecule has 1 amide bonds. The van der Waals surface area contributed by atoms with E-state index in [0.717, 1.165) is 0 Å². The van der Waals surface area contributed by atoms with Crippen LogP contribution < -0.4 is 5.32 Å². The van der Waals surface area contributed by atoms with Gasteiger partial charge in [0.1, 0.15) is 5.92 Å². The van der Waals surface area contributed by atoms with Gasteiger partial charge >= 0.3 is 0 Å². The van der Waals surface area contributed by atoms with Crippen molar-refractivity contribution in [3.05, 3.63) is 0 Å². The molecule has 1 saturated carbocycles. The van der Waals surface area contributed by atoms with E-state index in [1.165, 1.54) is 0 Å². The summed E-state index contributed by atoms with van der Waals surface area (Å²) in [5.74, 6) is -4.03. The molecule has 1 atom stereocenters. The SMILES string of the molecule is CC(C)CNC(=O)C1CCC1(F)F. The minimum absolute atomic E-state index is 0.146. The van der Waals surface area contributed by atoms with Gasteiger partial charge in [0.2, 0.25) is 5.91 Å². The van der Waals surface area contributed by atoms with Crippen LogP contribution in [0.3, 0.4) is 0 Å². The first-order valence-electron chi connectivity index (χ1n) is 4.59. The highest BCUT2D eigenvalue weighted by atomic mass is 19.3. The number of rotatable bonds is 3. The second-order valence-electron chi connectivity index (χ2n) is 3.99. The number of hydrogen-bond acceptors (Lipinski definition) is 1. The maximum Gasteiger partial charge on any atom is 0.259 e. The van der Waals surface area contributed by atoms with Gasteiger partial charge in [-0.3, -0.25) is 4.79 Å². The molecule has 1 rings (SSSR count). The van der Waals surface area contributed by atoms with Crippen molar-refractivity contribution in [1.29, 1.82) is 0 Å². The number of amides is 1. The smallest absolute Gasteiger partial charge is 0.259 e. The first-order chi connectivity index (χ1) is 5.93. The number of carbonyl (C=O) groups excluding carboxylic acids is 1. The van der Waals surface area contributed by atoms with Crippen molar-refractivity contribution >= 4 is 5.91 Å². The van der Waals surface area contributed by atoms with Gasteiger partial charge in [-0.25, -0.2) is 8.78 Å². The largest absolute Gasteiger partial charge is 0.355 e. The fourth-order valence-electron chi connectivity index (χ4n) is 1.26. The van der Waals surface area contributed by atoms with Crippen molar-refractivity contribution in [3.8, 4) is 0 Å². The Kier molecular flexibility index (Phi) is 2.88. The zero-order valence-corrected chi connectivity index (χ0v) is 7.94. The van der Waals surface area contributed by atoms with E-state index < -0.39 is 17.7 Å². The molecule has 0 aromatic rings. The van der Waals surface area contributed by atoms with Gasteiger partial charge in [0.05, 0.1) is 0 Å². The van der Waals surface area contributed by atoms with Crippen molar-refractivity contribution in [2.45, 2.75) is 32.6 Å². The Bertz CT molecular complexity index is 204. The quantitative estimate of drug-likeness (QED) is 0.724. The molecule has 4 heteroatoms. The van der Waals surface area contributed by atoms with E-state index in [-0.39, 0.29) is 6.42 Å². The summed E-state index contributed by atoms with van der Waals surface area (Å²) in [5.41, 5.74) is 0. The van der Waals surface area contributed by atoms with Gasteiger partial charge in [0.15, 0.2) is 0 Å². The highest BCUT2D eigenvalue weighted by molar-refractivity contribution is 5.80. The molecule has 1 aliphatic carbocycles. The lowest BCUT2D eigenvalue weighted by Crippen LogP contribution is -2.49. The van der Waals surface area contributed by atoms with Crippen molar-refractivity contribution in [2.75, 3.05) is 6.54 Å². The molecule has 0 spiro atoms. The second-order valence-corrected chi connectivity index (χ2v) is 3.99.